The summed E-state index contributed by atoms with van der Waals surface area (Å²) >= 11 is 14.0. The normalized spacial score (nSPS) is 15.4. The van der Waals surface area contributed by atoms with Crippen LogP contribution in [-0.4, -0.2) is 11.1 Å². The summed E-state index contributed by atoms with van der Waals surface area (Å²) in [5, 5.41) is 1.62. The van der Waals surface area contributed by atoms with Crippen molar-refractivity contribution in [2.24, 2.45) is 4.99 Å². The Hall–Kier alpha value is -3.58. The summed E-state index contributed by atoms with van der Waals surface area (Å²) in [5.41, 5.74) is 4.50. The highest BCUT2D eigenvalue weighted by molar-refractivity contribution is 8.19. The highest BCUT2D eigenvalue weighted by Crippen LogP contribution is 2.39. The van der Waals surface area contributed by atoms with Crippen LogP contribution >= 0.6 is 35.0 Å². The molecule has 0 aliphatic carbocycles. The van der Waals surface area contributed by atoms with E-state index in [1.165, 1.54) is 23.9 Å². The number of amides is 1. The van der Waals surface area contributed by atoms with Crippen LogP contribution < -0.4 is 9.64 Å². The number of para-hydroxylation sites is 1. The topological polar surface area (TPSA) is 41.9 Å². The number of nitrogens with zero attached hydrogens (tertiary/aromatic N) is 2. The predicted octanol–water partition coefficient (Wildman–Crippen LogP) is 9.14. The van der Waals surface area contributed by atoms with E-state index >= 15 is 0 Å². The number of ether oxygens (including phenoxy) is 1. The Morgan fingerprint density at radius 1 is 0.923 bits per heavy atom. The third kappa shape index (κ3) is 6.19. The molecular formula is C31H23Cl2FN2O2S. The lowest BCUT2D eigenvalue weighted by molar-refractivity contribution is -0.113. The van der Waals surface area contributed by atoms with Crippen molar-refractivity contribution in [1.29, 1.82) is 0 Å². The molecule has 5 rings (SSSR count). The smallest absolute Gasteiger partial charge is 0.271 e. The van der Waals surface area contributed by atoms with Gasteiger partial charge in [-0.15, -0.1) is 0 Å². The van der Waals surface area contributed by atoms with Crippen molar-refractivity contribution in [2.45, 2.75) is 20.5 Å². The van der Waals surface area contributed by atoms with Crippen molar-refractivity contribution in [2.75, 3.05) is 4.90 Å². The lowest BCUT2D eigenvalue weighted by Gasteiger charge is -2.16. The third-order valence-corrected chi connectivity index (χ3v) is 7.87. The third-order valence-electron chi connectivity index (χ3n) is 6.09. The van der Waals surface area contributed by atoms with E-state index in [9.17, 15) is 9.18 Å². The molecule has 1 fully saturated rings. The average Bonchev–Trinajstić information content (AvgIpc) is 3.21. The van der Waals surface area contributed by atoms with E-state index < -0.39 is 0 Å². The van der Waals surface area contributed by atoms with Gasteiger partial charge in [0.25, 0.3) is 5.91 Å². The molecule has 0 N–H and O–H groups in total. The largest absolute Gasteiger partial charge is 0.488 e. The van der Waals surface area contributed by atoms with Gasteiger partial charge in [-0.3, -0.25) is 9.69 Å². The van der Waals surface area contributed by atoms with Crippen LogP contribution in [0.15, 0.2) is 94.8 Å². The van der Waals surface area contributed by atoms with Gasteiger partial charge in [0.2, 0.25) is 0 Å². The van der Waals surface area contributed by atoms with Gasteiger partial charge in [-0.2, -0.15) is 0 Å². The molecule has 0 bridgehead atoms. The molecule has 0 aromatic heterocycles. The van der Waals surface area contributed by atoms with Crippen molar-refractivity contribution < 1.29 is 13.9 Å². The molecular weight excluding hydrogens is 554 g/mol. The van der Waals surface area contributed by atoms with E-state index in [0.29, 0.717) is 48.4 Å². The number of benzene rings is 4. The van der Waals surface area contributed by atoms with E-state index in [1.807, 2.05) is 62.4 Å². The molecule has 0 spiro atoms. The van der Waals surface area contributed by atoms with E-state index in [2.05, 4.69) is 0 Å². The fraction of sp³-hybridized carbons (Fsp3) is 0.0968. The van der Waals surface area contributed by atoms with Crippen molar-refractivity contribution in [3.63, 3.8) is 0 Å². The Morgan fingerprint density at radius 3 is 2.41 bits per heavy atom. The second-order valence-corrected chi connectivity index (χ2v) is 10.8. The molecule has 4 aromatic rings. The molecule has 0 saturated carbocycles. The van der Waals surface area contributed by atoms with Gasteiger partial charge in [-0.25, -0.2) is 9.38 Å². The quantitative estimate of drug-likeness (QED) is 0.215. The molecule has 1 aliphatic rings. The minimum Gasteiger partial charge on any atom is -0.488 e. The van der Waals surface area contributed by atoms with Gasteiger partial charge in [0.05, 0.1) is 16.3 Å². The lowest BCUT2D eigenvalue weighted by atomic mass is 10.1. The van der Waals surface area contributed by atoms with Gasteiger partial charge in [-0.05, 0) is 90.8 Å². The number of aliphatic imine (C=N–C) groups is 1. The first kappa shape index (κ1) is 27.0. The van der Waals surface area contributed by atoms with Crippen LogP contribution in [0.2, 0.25) is 10.0 Å². The van der Waals surface area contributed by atoms with Crippen molar-refractivity contribution >= 4 is 63.5 Å². The van der Waals surface area contributed by atoms with E-state index in [1.54, 1.807) is 35.2 Å². The first-order chi connectivity index (χ1) is 18.8. The number of anilines is 1. The van der Waals surface area contributed by atoms with Crippen LogP contribution in [0.5, 0.6) is 5.75 Å². The second kappa shape index (κ2) is 11.7. The lowest BCUT2D eigenvalue weighted by Crippen LogP contribution is -2.28. The molecule has 39 heavy (non-hydrogen) atoms. The van der Waals surface area contributed by atoms with Crippen LogP contribution in [0.1, 0.15) is 22.3 Å². The summed E-state index contributed by atoms with van der Waals surface area (Å²) in [6.45, 7) is 4.01. The Morgan fingerprint density at radius 2 is 1.67 bits per heavy atom. The number of amidine groups is 1. The molecule has 1 amide bonds. The Bertz CT molecular complexity index is 1640. The number of carbonyl (C=O) groups is 1. The number of aryl methyl sites for hydroxylation is 2. The zero-order chi connectivity index (χ0) is 27.5. The van der Waals surface area contributed by atoms with Crippen LogP contribution in [0, 0.1) is 19.7 Å². The number of hydrogen-bond donors (Lipinski definition) is 0. The minimum absolute atomic E-state index is 0.188. The summed E-state index contributed by atoms with van der Waals surface area (Å²) in [6, 6.07) is 24.6. The van der Waals surface area contributed by atoms with Crippen molar-refractivity contribution in [3.8, 4) is 5.75 Å². The van der Waals surface area contributed by atoms with Gasteiger partial charge in [0.15, 0.2) is 5.17 Å². The van der Waals surface area contributed by atoms with Gasteiger partial charge in [-0.1, -0.05) is 65.7 Å². The maximum Gasteiger partial charge on any atom is 0.271 e. The molecule has 1 aliphatic heterocycles. The fourth-order valence-corrected chi connectivity index (χ4v) is 5.26. The number of carbonyl (C=O) groups excluding carboxylic acids is 1. The van der Waals surface area contributed by atoms with Crippen LogP contribution in [0.4, 0.5) is 15.8 Å². The van der Waals surface area contributed by atoms with Gasteiger partial charge < -0.3 is 4.74 Å². The maximum atomic E-state index is 13.8. The Balaban J connectivity index is 1.51. The van der Waals surface area contributed by atoms with Crippen molar-refractivity contribution in [3.05, 3.63) is 128 Å². The minimum atomic E-state index is -0.322. The maximum absolute atomic E-state index is 13.8. The second-order valence-electron chi connectivity index (χ2n) is 8.97. The molecule has 1 heterocycles. The number of thioether (sulfide) groups is 1. The molecule has 4 aromatic carbocycles. The summed E-state index contributed by atoms with van der Waals surface area (Å²) in [7, 11) is 0. The predicted molar refractivity (Wildman–Crippen MR) is 160 cm³/mol. The Labute approximate surface area is 240 Å². The van der Waals surface area contributed by atoms with Gasteiger partial charge in [0, 0.05) is 15.6 Å². The standard InChI is InChI=1S/C31H23Cl2FN2O2S/c1-19-10-12-24(16-26(19)32)35-31-36(25-13-11-20(2)27(33)17-25)30(37)29(39-31)15-22-7-3-4-9-28(22)38-18-21-6-5-8-23(34)14-21/h3-17H,18H2,1-2H3/b29-15+,35-31?. The highest BCUT2D eigenvalue weighted by Gasteiger charge is 2.35. The van der Waals surface area contributed by atoms with Gasteiger partial charge in [0.1, 0.15) is 18.2 Å². The Kier molecular flexibility index (Phi) is 8.07. The SMILES string of the molecule is Cc1ccc(N=C2S/C(=C/c3ccccc3OCc3cccc(F)c3)C(=O)N2c2ccc(C)c(Cl)c2)cc1Cl. The molecule has 0 radical (unpaired) electrons. The number of rotatable bonds is 6. The number of hydrogen-bond acceptors (Lipinski definition) is 4. The van der Waals surface area contributed by atoms with Crippen LogP contribution in [-0.2, 0) is 11.4 Å². The van der Waals surface area contributed by atoms with E-state index in [0.717, 1.165) is 11.1 Å². The molecule has 0 atom stereocenters. The van der Waals surface area contributed by atoms with E-state index in [-0.39, 0.29) is 18.3 Å². The van der Waals surface area contributed by atoms with Crippen LogP contribution in [0.25, 0.3) is 6.08 Å². The van der Waals surface area contributed by atoms with Crippen molar-refractivity contribution in [1.82, 2.24) is 0 Å². The monoisotopic (exact) mass is 576 g/mol. The van der Waals surface area contributed by atoms with E-state index in [4.69, 9.17) is 32.9 Å². The fourth-order valence-electron chi connectivity index (χ4n) is 3.92. The molecule has 4 nitrogen and oxygen atoms in total. The average molecular weight is 578 g/mol. The molecule has 0 unspecified atom stereocenters. The highest BCUT2D eigenvalue weighted by atomic mass is 35.5. The zero-order valence-corrected chi connectivity index (χ0v) is 23.4. The summed E-state index contributed by atoms with van der Waals surface area (Å²) in [6.07, 6.45) is 1.78. The number of halogens is 3. The van der Waals surface area contributed by atoms with Crippen LogP contribution in [0.3, 0.4) is 0 Å². The first-order valence-electron chi connectivity index (χ1n) is 12.1. The summed E-state index contributed by atoms with van der Waals surface area (Å²) < 4.78 is 19.6. The summed E-state index contributed by atoms with van der Waals surface area (Å²) in [4.78, 5) is 20.5. The summed E-state index contributed by atoms with van der Waals surface area (Å²) in [5.74, 6) is 0.0116. The van der Waals surface area contributed by atoms with Gasteiger partial charge >= 0.3 is 0 Å². The zero-order valence-electron chi connectivity index (χ0n) is 21.1. The molecule has 1 saturated heterocycles. The molecule has 8 heteroatoms. The molecule has 196 valence electrons. The first-order valence-corrected chi connectivity index (χ1v) is 13.7.